The van der Waals surface area contributed by atoms with Crippen molar-refractivity contribution in [1.82, 2.24) is 0 Å². The van der Waals surface area contributed by atoms with Crippen molar-refractivity contribution in [3.63, 3.8) is 0 Å². The number of benzene rings is 1. The molecule has 1 N–H and O–H groups in total. The van der Waals surface area contributed by atoms with E-state index in [4.69, 9.17) is 4.74 Å². The number of hydrogen-bond acceptors (Lipinski definition) is 2. The Morgan fingerprint density at radius 2 is 2.00 bits per heavy atom. The van der Waals surface area contributed by atoms with Gasteiger partial charge in [-0.15, -0.1) is 0 Å². The highest BCUT2D eigenvalue weighted by molar-refractivity contribution is 5.33. The molecule has 1 atom stereocenters. The van der Waals surface area contributed by atoms with Gasteiger partial charge in [0.25, 0.3) is 0 Å². The van der Waals surface area contributed by atoms with E-state index >= 15 is 0 Å². The Labute approximate surface area is 66.4 Å². The third kappa shape index (κ3) is 1.71. The van der Waals surface area contributed by atoms with Crippen molar-refractivity contribution in [1.29, 1.82) is 0 Å². The first-order chi connectivity index (χ1) is 5.25. The number of para-hydroxylation sites is 1. The molecule has 0 fully saturated rings. The van der Waals surface area contributed by atoms with E-state index in [1.54, 1.807) is 19.2 Å². The van der Waals surface area contributed by atoms with Crippen molar-refractivity contribution in [2.45, 2.75) is 13.0 Å². The first-order valence-corrected chi connectivity index (χ1v) is 3.56. The fraction of sp³-hybridized carbons (Fsp3) is 0.333. The molecule has 1 unspecified atom stereocenters. The fourth-order valence-electron chi connectivity index (χ4n) is 0.958. The minimum atomic E-state index is -0.0452. The minimum Gasteiger partial charge on any atom is -0.508 e. The summed E-state index contributed by atoms with van der Waals surface area (Å²) in [7, 11) is 1.62. The van der Waals surface area contributed by atoms with Crippen LogP contribution in [-0.2, 0) is 4.74 Å². The van der Waals surface area contributed by atoms with E-state index in [1.807, 2.05) is 19.1 Å². The summed E-state index contributed by atoms with van der Waals surface area (Å²) in [4.78, 5) is 0. The predicted octanol–water partition coefficient (Wildman–Crippen LogP) is 2.10. The summed E-state index contributed by atoms with van der Waals surface area (Å²) >= 11 is 0. The van der Waals surface area contributed by atoms with Crippen LogP contribution in [0.3, 0.4) is 0 Å². The van der Waals surface area contributed by atoms with Crippen molar-refractivity contribution in [3.8, 4) is 5.75 Å². The van der Waals surface area contributed by atoms with Crippen molar-refractivity contribution in [3.05, 3.63) is 29.8 Å². The maximum atomic E-state index is 9.33. The number of hydrogen-bond donors (Lipinski definition) is 1. The first kappa shape index (κ1) is 8.08. The van der Waals surface area contributed by atoms with Crippen LogP contribution in [0.15, 0.2) is 24.3 Å². The molecule has 1 aromatic rings. The van der Waals surface area contributed by atoms with E-state index < -0.39 is 0 Å². The number of methoxy groups -OCH3 is 1. The summed E-state index contributed by atoms with van der Waals surface area (Å²) in [5.41, 5.74) is 0.829. The second-order valence-electron chi connectivity index (χ2n) is 2.44. The van der Waals surface area contributed by atoms with Gasteiger partial charge in [-0.25, -0.2) is 0 Å². The molecule has 2 heteroatoms. The molecule has 60 valence electrons. The van der Waals surface area contributed by atoms with Crippen LogP contribution in [0.1, 0.15) is 18.6 Å². The second kappa shape index (κ2) is 3.39. The molecule has 0 amide bonds. The van der Waals surface area contributed by atoms with Crippen LogP contribution < -0.4 is 0 Å². The van der Waals surface area contributed by atoms with Gasteiger partial charge < -0.3 is 9.84 Å². The summed E-state index contributed by atoms with van der Waals surface area (Å²) < 4.78 is 5.06. The molecular formula is C9H12O2. The van der Waals surface area contributed by atoms with Crippen LogP contribution in [0.5, 0.6) is 5.75 Å². The van der Waals surface area contributed by atoms with E-state index in [-0.39, 0.29) is 6.10 Å². The third-order valence-corrected chi connectivity index (χ3v) is 1.73. The van der Waals surface area contributed by atoms with Gasteiger partial charge in [0.2, 0.25) is 0 Å². The molecule has 0 aliphatic rings. The highest BCUT2D eigenvalue weighted by Gasteiger charge is 2.06. The Balaban J connectivity index is 2.93. The number of ether oxygens (including phenoxy) is 1. The van der Waals surface area contributed by atoms with Crippen molar-refractivity contribution in [2.24, 2.45) is 0 Å². The Bertz CT molecular complexity index is 233. The van der Waals surface area contributed by atoms with Crippen LogP contribution >= 0.6 is 0 Å². The van der Waals surface area contributed by atoms with Crippen molar-refractivity contribution >= 4 is 0 Å². The van der Waals surface area contributed by atoms with E-state index in [0.717, 1.165) is 5.56 Å². The van der Waals surface area contributed by atoms with Crippen molar-refractivity contribution < 1.29 is 9.84 Å². The third-order valence-electron chi connectivity index (χ3n) is 1.73. The summed E-state index contributed by atoms with van der Waals surface area (Å²) in [5.74, 6) is 0.293. The second-order valence-corrected chi connectivity index (χ2v) is 2.44. The normalized spacial score (nSPS) is 12.9. The van der Waals surface area contributed by atoms with Crippen LogP contribution in [-0.4, -0.2) is 12.2 Å². The molecule has 0 saturated carbocycles. The molecule has 0 bridgehead atoms. The van der Waals surface area contributed by atoms with E-state index in [1.165, 1.54) is 0 Å². The maximum Gasteiger partial charge on any atom is 0.121 e. The van der Waals surface area contributed by atoms with Gasteiger partial charge in [-0.05, 0) is 13.0 Å². The Morgan fingerprint density at radius 1 is 1.36 bits per heavy atom. The summed E-state index contributed by atoms with van der Waals surface area (Å²) in [6.07, 6.45) is -0.0452. The lowest BCUT2D eigenvalue weighted by molar-refractivity contribution is 0.117. The highest BCUT2D eigenvalue weighted by atomic mass is 16.5. The van der Waals surface area contributed by atoms with Crippen LogP contribution in [0, 0.1) is 0 Å². The lowest BCUT2D eigenvalue weighted by Crippen LogP contribution is -1.95. The monoisotopic (exact) mass is 152 g/mol. The van der Waals surface area contributed by atoms with Gasteiger partial charge in [-0.2, -0.15) is 0 Å². The molecule has 0 aromatic heterocycles. The zero-order chi connectivity index (χ0) is 8.27. The molecule has 11 heavy (non-hydrogen) atoms. The molecule has 0 aliphatic carbocycles. The first-order valence-electron chi connectivity index (χ1n) is 3.56. The van der Waals surface area contributed by atoms with Gasteiger partial charge in [0, 0.05) is 12.7 Å². The van der Waals surface area contributed by atoms with E-state index in [9.17, 15) is 5.11 Å². The Hall–Kier alpha value is -1.02. The minimum absolute atomic E-state index is 0.0452. The Morgan fingerprint density at radius 3 is 2.55 bits per heavy atom. The number of aromatic hydroxyl groups is 1. The zero-order valence-electron chi connectivity index (χ0n) is 6.74. The average Bonchev–Trinajstić information content (AvgIpc) is 2.04. The average molecular weight is 152 g/mol. The zero-order valence-corrected chi connectivity index (χ0v) is 6.74. The van der Waals surface area contributed by atoms with Crippen LogP contribution in [0.25, 0.3) is 0 Å². The molecule has 0 heterocycles. The SMILES string of the molecule is COC(C)c1ccccc1O. The summed E-state index contributed by atoms with van der Waals surface area (Å²) in [6.45, 7) is 1.90. The maximum absolute atomic E-state index is 9.33. The van der Waals surface area contributed by atoms with Crippen LogP contribution in [0.4, 0.5) is 0 Å². The quantitative estimate of drug-likeness (QED) is 0.703. The molecule has 0 radical (unpaired) electrons. The van der Waals surface area contributed by atoms with Gasteiger partial charge in [-0.3, -0.25) is 0 Å². The Kier molecular flexibility index (Phi) is 2.49. The lowest BCUT2D eigenvalue weighted by Gasteiger charge is -2.10. The van der Waals surface area contributed by atoms with Gasteiger partial charge >= 0.3 is 0 Å². The number of phenols is 1. The molecule has 1 rings (SSSR count). The number of phenolic OH excluding ortho intramolecular Hbond substituents is 1. The fourth-order valence-corrected chi connectivity index (χ4v) is 0.958. The smallest absolute Gasteiger partial charge is 0.121 e. The molecular weight excluding hydrogens is 140 g/mol. The van der Waals surface area contributed by atoms with Gasteiger partial charge in [0.1, 0.15) is 5.75 Å². The topological polar surface area (TPSA) is 29.5 Å². The largest absolute Gasteiger partial charge is 0.508 e. The molecule has 0 aliphatic heterocycles. The van der Waals surface area contributed by atoms with E-state index in [2.05, 4.69) is 0 Å². The van der Waals surface area contributed by atoms with Crippen LogP contribution in [0.2, 0.25) is 0 Å². The molecule has 1 aromatic carbocycles. The van der Waals surface area contributed by atoms with Gasteiger partial charge in [0.05, 0.1) is 6.10 Å². The lowest BCUT2D eigenvalue weighted by atomic mass is 10.1. The molecule has 0 saturated heterocycles. The van der Waals surface area contributed by atoms with E-state index in [0.29, 0.717) is 5.75 Å². The molecule has 2 nitrogen and oxygen atoms in total. The number of rotatable bonds is 2. The summed E-state index contributed by atoms with van der Waals surface area (Å²) in [5, 5.41) is 9.33. The van der Waals surface area contributed by atoms with Gasteiger partial charge in [0.15, 0.2) is 0 Å². The predicted molar refractivity (Wildman–Crippen MR) is 43.5 cm³/mol. The summed E-state index contributed by atoms with van der Waals surface area (Å²) in [6, 6.07) is 7.18. The highest BCUT2D eigenvalue weighted by Crippen LogP contribution is 2.24. The standard InChI is InChI=1S/C9H12O2/c1-7(11-2)8-5-3-4-6-9(8)10/h3-7,10H,1-2H3. The van der Waals surface area contributed by atoms with Gasteiger partial charge in [-0.1, -0.05) is 18.2 Å². The molecule has 0 spiro atoms. The van der Waals surface area contributed by atoms with Crippen molar-refractivity contribution in [2.75, 3.05) is 7.11 Å².